The molecule has 0 fully saturated rings. The van der Waals surface area contributed by atoms with Gasteiger partial charge in [-0.05, 0) is 36.1 Å². The maximum absolute atomic E-state index is 5.72. The monoisotopic (exact) mass is 193 g/mol. The van der Waals surface area contributed by atoms with E-state index in [1.807, 2.05) is 42.7 Å². The van der Waals surface area contributed by atoms with Crippen LogP contribution in [-0.2, 0) is 12.8 Å². The Morgan fingerprint density at radius 2 is 1.67 bits per heavy atom. The number of aryl methyl sites for hydroxylation is 2. The quantitative estimate of drug-likeness (QED) is 0.675. The third-order valence-corrected chi connectivity index (χ3v) is 2.40. The van der Waals surface area contributed by atoms with E-state index in [0.29, 0.717) is 0 Å². The van der Waals surface area contributed by atoms with E-state index in [9.17, 15) is 0 Å². The zero-order valence-corrected chi connectivity index (χ0v) is 8.56. The molecule has 1 heterocycles. The first-order valence-corrected chi connectivity index (χ1v) is 5.08. The second-order valence-electron chi connectivity index (χ2n) is 3.60. The first-order valence-electron chi connectivity index (χ1n) is 5.08. The average molecular weight is 193 g/mol. The predicted octanol–water partition coefficient (Wildman–Crippen LogP) is 1.66. The molecule has 0 aliphatic heterocycles. The second-order valence-corrected chi connectivity index (χ2v) is 3.60. The minimum atomic E-state index is 0.835. The molecule has 72 valence electrons. The summed E-state index contributed by atoms with van der Waals surface area (Å²) in [6, 6.07) is 12.1. The van der Waals surface area contributed by atoms with Crippen LogP contribution in [0.5, 0.6) is 0 Å². The van der Waals surface area contributed by atoms with Crippen molar-refractivity contribution in [1.82, 2.24) is 4.98 Å². The van der Waals surface area contributed by atoms with Gasteiger partial charge < -0.3 is 0 Å². The molecule has 0 spiro atoms. The summed E-state index contributed by atoms with van der Waals surface area (Å²) in [5.41, 5.74) is 3.43. The lowest BCUT2D eigenvalue weighted by atomic mass is 9.93. The van der Waals surface area contributed by atoms with Gasteiger partial charge in [-0.2, -0.15) is 0 Å². The molecule has 1 aromatic carbocycles. The lowest BCUT2D eigenvalue weighted by molar-refractivity contribution is 0.956. The van der Waals surface area contributed by atoms with Crippen LogP contribution in [-0.4, -0.2) is 12.8 Å². The van der Waals surface area contributed by atoms with Crippen LogP contribution < -0.4 is 5.46 Å². The van der Waals surface area contributed by atoms with Crippen molar-refractivity contribution in [2.45, 2.75) is 12.8 Å². The van der Waals surface area contributed by atoms with Crippen molar-refractivity contribution < 1.29 is 0 Å². The zero-order chi connectivity index (χ0) is 10.5. The smallest absolute Gasteiger partial charge is 0.113 e. The highest BCUT2D eigenvalue weighted by Gasteiger charge is 1.95. The molecule has 1 nitrogen and oxygen atoms in total. The molecule has 0 bridgehead atoms. The van der Waals surface area contributed by atoms with Gasteiger partial charge in [0.05, 0.1) is 0 Å². The lowest BCUT2D eigenvalue weighted by Gasteiger charge is -2.02. The van der Waals surface area contributed by atoms with Gasteiger partial charge in [0.25, 0.3) is 0 Å². The van der Waals surface area contributed by atoms with Crippen molar-refractivity contribution >= 4 is 13.3 Å². The van der Waals surface area contributed by atoms with Gasteiger partial charge >= 0.3 is 0 Å². The number of hydrogen-bond donors (Lipinski definition) is 0. The molecular weight excluding hydrogens is 181 g/mol. The van der Waals surface area contributed by atoms with Gasteiger partial charge in [-0.25, -0.2) is 0 Å². The Kier molecular flexibility index (Phi) is 3.18. The maximum Gasteiger partial charge on any atom is 0.113 e. The van der Waals surface area contributed by atoms with Crippen LogP contribution in [0, 0.1) is 0 Å². The number of rotatable bonds is 3. The topological polar surface area (TPSA) is 12.9 Å². The minimum absolute atomic E-state index is 0.835. The zero-order valence-electron chi connectivity index (χ0n) is 8.56. The molecule has 2 aromatic rings. The third-order valence-electron chi connectivity index (χ3n) is 2.40. The number of hydrogen-bond acceptors (Lipinski definition) is 1. The van der Waals surface area contributed by atoms with Crippen LogP contribution in [0.25, 0.3) is 0 Å². The minimum Gasteiger partial charge on any atom is -0.265 e. The Balaban J connectivity index is 1.99. The highest BCUT2D eigenvalue weighted by Crippen LogP contribution is 2.04. The second kappa shape index (κ2) is 4.78. The van der Waals surface area contributed by atoms with Crippen LogP contribution in [0.2, 0.25) is 0 Å². The Bertz CT molecular complexity index is 426. The van der Waals surface area contributed by atoms with Crippen molar-refractivity contribution in [3.8, 4) is 0 Å². The van der Waals surface area contributed by atoms with Crippen LogP contribution in [0.3, 0.4) is 0 Å². The summed E-state index contributed by atoms with van der Waals surface area (Å²) in [6.45, 7) is 0. The van der Waals surface area contributed by atoms with Crippen LogP contribution in [0.15, 0.2) is 48.8 Å². The normalized spacial score (nSPS) is 10.1. The van der Waals surface area contributed by atoms with E-state index in [1.54, 1.807) is 0 Å². The van der Waals surface area contributed by atoms with Gasteiger partial charge in [0.15, 0.2) is 0 Å². The number of pyridine rings is 1. The Morgan fingerprint density at radius 3 is 2.40 bits per heavy atom. The Morgan fingerprint density at radius 1 is 0.933 bits per heavy atom. The first-order chi connectivity index (χ1) is 7.34. The predicted molar refractivity (Wildman–Crippen MR) is 63.5 cm³/mol. The Labute approximate surface area is 91.6 Å². The summed E-state index contributed by atoms with van der Waals surface area (Å²) >= 11 is 0. The molecule has 0 amide bonds. The third kappa shape index (κ3) is 2.95. The highest BCUT2D eigenvalue weighted by molar-refractivity contribution is 6.32. The SMILES string of the molecule is [B]c1cccc(CCc2ccncc2)c1. The van der Waals surface area contributed by atoms with Crippen molar-refractivity contribution in [1.29, 1.82) is 0 Å². The number of aromatic nitrogens is 1. The summed E-state index contributed by atoms with van der Waals surface area (Å²) in [7, 11) is 5.72. The molecule has 1 aromatic heterocycles. The van der Waals surface area contributed by atoms with E-state index in [-0.39, 0.29) is 0 Å². The van der Waals surface area contributed by atoms with Crippen molar-refractivity contribution in [2.75, 3.05) is 0 Å². The van der Waals surface area contributed by atoms with E-state index < -0.39 is 0 Å². The summed E-state index contributed by atoms with van der Waals surface area (Å²) in [5.74, 6) is 0. The fraction of sp³-hybridized carbons (Fsp3) is 0.154. The van der Waals surface area contributed by atoms with Gasteiger partial charge in [-0.1, -0.05) is 29.7 Å². The van der Waals surface area contributed by atoms with Gasteiger partial charge in [-0.3, -0.25) is 4.98 Å². The van der Waals surface area contributed by atoms with E-state index in [1.165, 1.54) is 11.1 Å². The molecule has 0 saturated carbocycles. The van der Waals surface area contributed by atoms with Crippen molar-refractivity contribution in [3.05, 3.63) is 59.9 Å². The molecule has 2 radical (unpaired) electrons. The fourth-order valence-corrected chi connectivity index (χ4v) is 1.59. The van der Waals surface area contributed by atoms with Gasteiger partial charge in [0.1, 0.15) is 7.85 Å². The number of nitrogens with zero attached hydrogens (tertiary/aromatic N) is 1. The van der Waals surface area contributed by atoms with E-state index in [2.05, 4.69) is 11.1 Å². The Hall–Kier alpha value is -1.57. The molecule has 0 atom stereocenters. The van der Waals surface area contributed by atoms with Gasteiger partial charge in [-0.15, -0.1) is 0 Å². The molecule has 0 aliphatic carbocycles. The maximum atomic E-state index is 5.72. The van der Waals surface area contributed by atoms with Crippen LogP contribution >= 0.6 is 0 Å². The molecule has 0 aliphatic rings. The summed E-state index contributed by atoms with van der Waals surface area (Å²) in [6.07, 6.45) is 5.71. The molecule has 0 saturated heterocycles. The van der Waals surface area contributed by atoms with Crippen molar-refractivity contribution in [2.24, 2.45) is 0 Å². The molecule has 2 heteroatoms. The first kappa shape index (κ1) is 9.97. The van der Waals surface area contributed by atoms with E-state index >= 15 is 0 Å². The summed E-state index contributed by atoms with van der Waals surface area (Å²) in [4.78, 5) is 3.99. The van der Waals surface area contributed by atoms with Crippen LogP contribution in [0.1, 0.15) is 11.1 Å². The highest BCUT2D eigenvalue weighted by atomic mass is 14.6. The number of benzene rings is 1. The summed E-state index contributed by atoms with van der Waals surface area (Å²) < 4.78 is 0. The molecule has 2 rings (SSSR count). The molecule has 15 heavy (non-hydrogen) atoms. The average Bonchev–Trinajstić information content (AvgIpc) is 2.28. The molecular formula is C13H12BN. The summed E-state index contributed by atoms with van der Waals surface area (Å²) in [5, 5.41) is 0. The van der Waals surface area contributed by atoms with E-state index in [4.69, 9.17) is 7.85 Å². The van der Waals surface area contributed by atoms with Gasteiger partial charge in [0, 0.05) is 12.4 Å². The molecule has 0 unspecified atom stereocenters. The largest absolute Gasteiger partial charge is 0.265 e. The standard InChI is InChI=1S/C13H12BN/c14-13-3-1-2-12(10-13)5-4-11-6-8-15-9-7-11/h1-3,6-10H,4-5H2. The van der Waals surface area contributed by atoms with Crippen LogP contribution in [0.4, 0.5) is 0 Å². The van der Waals surface area contributed by atoms with Gasteiger partial charge in [0.2, 0.25) is 0 Å². The van der Waals surface area contributed by atoms with E-state index in [0.717, 1.165) is 18.3 Å². The van der Waals surface area contributed by atoms with Crippen molar-refractivity contribution in [3.63, 3.8) is 0 Å². The lowest BCUT2D eigenvalue weighted by Crippen LogP contribution is -2.03. The fourth-order valence-electron chi connectivity index (χ4n) is 1.59. The molecule has 0 N–H and O–H groups in total.